The van der Waals surface area contributed by atoms with Crippen LogP contribution >= 0.6 is 11.6 Å². The molecule has 1 heterocycles. The Morgan fingerprint density at radius 1 is 1.07 bits per heavy atom. The zero-order chi connectivity index (χ0) is 34.6. The van der Waals surface area contributed by atoms with Crippen LogP contribution in [-0.4, -0.2) is 78.0 Å². The number of hydrogen-bond donors (Lipinski definition) is 1. The molecule has 12 heteroatoms. The van der Waals surface area contributed by atoms with Crippen molar-refractivity contribution in [3.05, 3.63) is 11.6 Å². The SMILES string of the molecule is CC[C@H](C)C(=O)O[C@@H](C[C@@]1(C)[C@H](C)C[C@H](OC(C)=O)[C@]2(COC(C)=O)[C@@H]1[C@H](OC(=O)[C@@H](C)CC)CC[C@]2(O)CCl)C1=CC(=O)OC1. The van der Waals surface area contributed by atoms with E-state index in [4.69, 9.17) is 35.3 Å². The van der Waals surface area contributed by atoms with Crippen LogP contribution in [0.3, 0.4) is 0 Å². The Kier molecular flexibility index (Phi) is 12.4. The van der Waals surface area contributed by atoms with Gasteiger partial charge in [0.25, 0.3) is 0 Å². The Labute approximate surface area is 277 Å². The second kappa shape index (κ2) is 15.0. The molecular formula is C34H51ClO11. The van der Waals surface area contributed by atoms with Crippen molar-refractivity contribution in [2.75, 3.05) is 19.1 Å². The molecular weight excluding hydrogens is 620 g/mol. The largest absolute Gasteiger partial charge is 0.465 e. The van der Waals surface area contributed by atoms with Crippen molar-refractivity contribution in [2.45, 2.75) is 118 Å². The van der Waals surface area contributed by atoms with E-state index in [1.54, 1.807) is 13.8 Å². The van der Waals surface area contributed by atoms with E-state index >= 15 is 0 Å². The first kappa shape index (κ1) is 37.8. The van der Waals surface area contributed by atoms with E-state index in [1.807, 2.05) is 27.7 Å². The molecule has 260 valence electrons. The fourth-order valence-corrected chi connectivity index (χ4v) is 8.02. The van der Waals surface area contributed by atoms with Gasteiger partial charge in [-0.3, -0.25) is 19.2 Å². The van der Waals surface area contributed by atoms with Crippen LogP contribution < -0.4 is 0 Å². The minimum absolute atomic E-state index is 0.0564. The number of cyclic esters (lactones) is 1. The molecule has 2 fully saturated rings. The Balaban J connectivity index is 2.30. The standard InChI is InChI=1S/C34H51ClO11/c1-9-19(3)30(39)45-25-11-12-33(41,17-35)34(18-43-22(6)36)27(44-23(7)37)13-21(5)32(8,29(25)34)15-26(24-14-28(38)42-16-24)46-31(40)20(4)10-2/h14,19-21,25-27,29,41H,9-13,15-18H2,1-8H3/t19-,20-,21+,25+,26-,27-,29+,32-,33-,34+/m0/s1. The van der Waals surface area contributed by atoms with Crippen LogP contribution in [0, 0.1) is 34.5 Å². The fourth-order valence-electron chi connectivity index (χ4n) is 7.64. The van der Waals surface area contributed by atoms with Gasteiger partial charge in [0.15, 0.2) is 0 Å². The lowest BCUT2D eigenvalue weighted by Crippen LogP contribution is -2.74. The van der Waals surface area contributed by atoms with Gasteiger partial charge in [-0.05, 0) is 49.9 Å². The molecule has 0 aromatic carbocycles. The summed E-state index contributed by atoms with van der Waals surface area (Å²) < 4.78 is 29.2. The van der Waals surface area contributed by atoms with Crippen LogP contribution in [0.1, 0.15) is 93.9 Å². The number of fused-ring (bicyclic) bond motifs is 1. The summed E-state index contributed by atoms with van der Waals surface area (Å²) >= 11 is 6.58. The summed E-state index contributed by atoms with van der Waals surface area (Å²) in [4.78, 5) is 63.7. The van der Waals surface area contributed by atoms with E-state index in [0.717, 1.165) is 0 Å². The molecule has 1 aliphatic heterocycles. The molecule has 0 bridgehead atoms. The van der Waals surface area contributed by atoms with Gasteiger partial charge in [0, 0.05) is 31.4 Å². The van der Waals surface area contributed by atoms with Gasteiger partial charge in [0.2, 0.25) is 0 Å². The van der Waals surface area contributed by atoms with E-state index in [2.05, 4.69) is 0 Å². The predicted octanol–water partition coefficient (Wildman–Crippen LogP) is 4.68. The number of alkyl halides is 1. The zero-order valence-corrected chi connectivity index (χ0v) is 29.1. The summed E-state index contributed by atoms with van der Waals surface area (Å²) in [6.45, 7) is 13.3. The van der Waals surface area contributed by atoms with E-state index in [1.165, 1.54) is 19.9 Å². The van der Waals surface area contributed by atoms with Crippen molar-refractivity contribution in [3.63, 3.8) is 0 Å². The van der Waals surface area contributed by atoms with Crippen molar-refractivity contribution in [1.82, 2.24) is 0 Å². The van der Waals surface area contributed by atoms with Crippen molar-refractivity contribution in [2.24, 2.45) is 34.5 Å². The highest BCUT2D eigenvalue weighted by Gasteiger charge is 2.73. The monoisotopic (exact) mass is 670 g/mol. The molecule has 0 aromatic heterocycles. The first-order chi connectivity index (χ1) is 21.5. The molecule has 10 atom stereocenters. The van der Waals surface area contributed by atoms with Crippen LogP contribution in [-0.2, 0) is 47.7 Å². The van der Waals surface area contributed by atoms with Crippen molar-refractivity contribution < 1.29 is 52.8 Å². The molecule has 2 aliphatic carbocycles. The van der Waals surface area contributed by atoms with Gasteiger partial charge in [0.1, 0.15) is 31.5 Å². The smallest absolute Gasteiger partial charge is 0.331 e. The third-order valence-electron chi connectivity index (χ3n) is 10.9. The van der Waals surface area contributed by atoms with Crippen molar-refractivity contribution in [3.8, 4) is 0 Å². The molecule has 3 rings (SSSR count). The molecule has 11 nitrogen and oxygen atoms in total. The highest BCUT2D eigenvalue weighted by molar-refractivity contribution is 6.18. The van der Waals surface area contributed by atoms with Crippen LogP contribution in [0.15, 0.2) is 11.6 Å². The van der Waals surface area contributed by atoms with Crippen LogP contribution in [0.2, 0.25) is 0 Å². The highest BCUT2D eigenvalue weighted by atomic mass is 35.5. The predicted molar refractivity (Wildman–Crippen MR) is 167 cm³/mol. The Morgan fingerprint density at radius 2 is 1.70 bits per heavy atom. The molecule has 46 heavy (non-hydrogen) atoms. The molecule has 0 spiro atoms. The zero-order valence-electron chi connectivity index (χ0n) is 28.4. The number of hydrogen-bond acceptors (Lipinski definition) is 11. The lowest BCUT2D eigenvalue weighted by molar-refractivity contribution is -0.294. The summed E-state index contributed by atoms with van der Waals surface area (Å²) in [5, 5.41) is 12.5. The average molecular weight is 671 g/mol. The number of carbonyl (C=O) groups excluding carboxylic acids is 5. The number of esters is 5. The first-order valence-electron chi connectivity index (χ1n) is 16.4. The van der Waals surface area contributed by atoms with E-state index in [-0.39, 0.29) is 50.7 Å². The van der Waals surface area contributed by atoms with E-state index < -0.39 is 82.3 Å². The maximum atomic E-state index is 13.4. The summed E-state index contributed by atoms with van der Waals surface area (Å²) in [6, 6.07) is 0. The fraction of sp³-hybridized carbons (Fsp3) is 0.794. The Hall–Kier alpha value is -2.66. The van der Waals surface area contributed by atoms with Gasteiger partial charge in [-0.15, -0.1) is 11.6 Å². The first-order valence-corrected chi connectivity index (χ1v) is 16.9. The molecule has 0 unspecified atom stereocenters. The second-order valence-electron chi connectivity index (χ2n) is 13.8. The normalized spacial score (nSPS) is 34.2. The lowest BCUT2D eigenvalue weighted by atomic mass is 9.41. The minimum Gasteiger partial charge on any atom is -0.465 e. The maximum Gasteiger partial charge on any atom is 0.331 e. The van der Waals surface area contributed by atoms with Gasteiger partial charge in [-0.25, -0.2) is 4.79 Å². The highest BCUT2D eigenvalue weighted by Crippen LogP contribution is 2.66. The van der Waals surface area contributed by atoms with Crippen LogP contribution in [0.4, 0.5) is 0 Å². The summed E-state index contributed by atoms with van der Waals surface area (Å²) in [7, 11) is 0. The molecule has 0 aromatic rings. The molecule has 0 saturated heterocycles. The van der Waals surface area contributed by atoms with Gasteiger partial charge in [-0.1, -0.05) is 41.5 Å². The van der Waals surface area contributed by atoms with Gasteiger partial charge >= 0.3 is 29.8 Å². The third kappa shape index (κ3) is 7.40. The van der Waals surface area contributed by atoms with Gasteiger partial charge in [-0.2, -0.15) is 0 Å². The minimum atomic E-state index is -1.72. The summed E-state index contributed by atoms with van der Waals surface area (Å²) in [5.41, 5.74) is -3.68. The lowest BCUT2D eigenvalue weighted by Gasteiger charge is -2.67. The number of halogens is 1. The Morgan fingerprint density at radius 3 is 2.22 bits per heavy atom. The summed E-state index contributed by atoms with van der Waals surface area (Å²) in [6.07, 6.45) is 0.430. The number of rotatable bonds is 13. The molecule has 2 saturated carbocycles. The van der Waals surface area contributed by atoms with E-state index in [0.29, 0.717) is 18.4 Å². The number of ether oxygens (including phenoxy) is 5. The van der Waals surface area contributed by atoms with Gasteiger partial charge < -0.3 is 28.8 Å². The van der Waals surface area contributed by atoms with Gasteiger partial charge in [0.05, 0.1) is 28.7 Å². The quantitative estimate of drug-likeness (QED) is 0.165. The number of aliphatic hydroxyl groups is 1. The number of carbonyl (C=O) groups is 5. The molecule has 3 aliphatic rings. The Bertz CT molecular complexity index is 1200. The molecule has 0 radical (unpaired) electrons. The third-order valence-corrected chi connectivity index (χ3v) is 11.4. The van der Waals surface area contributed by atoms with Crippen molar-refractivity contribution in [1.29, 1.82) is 0 Å². The molecule has 1 N–H and O–H groups in total. The maximum absolute atomic E-state index is 13.4. The van der Waals surface area contributed by atoms with E-state index in [9.17, 15) is 29.1 Å². The molecule has 0 amide bonds. The van der Waals surface area contributed by atoms with Crippen LogP contribution in [0.25, 0.3) is 0 Å². The van der Waals surface area contributed by atoms with Crippen molar-refractivity contribution >= 4 is 41.4 Å². The van der Waals surface area contributed by atoms with Crippen LogP contribution in [0.5, 0.6) is 0 Å². The second-order valence-corrected chi connectivity index (χ2v) is 14.1. The average Bonchev–Trinajstić information content (AvgIpc) is 3.44. The topological polar surface area (TPSA) is 152 Å². The summed E-state index contributed by atoms with van der Waals surface area (Å²) in [5.74, 6) is -4.80.